The second-order valence-electron chi connectivity index (χ2n) is 11.5. The first-order valence-corrected chi connectivity index (χ1v) is 15.2. The maximum Gasteiger partial charge on any atom is 0.318 e. The van der Waals surface area contributed by atoms with E-state index in [4.69, 9.17) is 31.0 Å². The molecule has 12 heteroatoms. The van der Waals surface area contributed by atoms with Crippen LogP contribution in [-0.4, -0.2) is 97.4 Å². The Balaban J connectivity index is 1.33. The highest BCUT2D eigenvalue weighted by molar-refractivity contribution is 6.36. The molecule has 0 radical (unpaired) electrons. The molecule has 0 bridgehead atoms. The smallest absolute Gasteiger partial charge is 0.318 e. The number of benzene rings is 2. The summed E-state index contributed by atoms with van der Waals surface area (Å²) in [6.07, 6.45) is 0.634. The summed E-state index contributed by atoms with van der Waals surface area (Å²) >= 11 is 6.68. The van der Waals surface area contributed by atoms with Gasteiger partial charge in [-0.3, -0.25) is 4.79 Å². The molecule has 2 fully saturated rings. The molecule has 10 nitrogen and oxygen atoms in total. The molecule has 0 spiro atoms. The van der Waals surface area contributed by atoms with Gasteiger partial charge in [-0.25, -0.2) is 4.39 Å². The summed E-state index contributed by atoms with van der Waals surface area (Å²) in [5.74, 6) is -1.09. The number of halogens is 2. The van der Waals surface area contributed by atoms with Gasteiger partial charge in [0, 0.05) is 55.9 Å². The number of carbonyl (C=O) groups is 1. The summed E-state index contributed by atoms with van der Waals surface area (Å²) in [6.45, 7) is 7.98. The van der Waals surface area contributed by atoms with Crippen molar-refractivity contribution in [2.45, 2.75) is 31.5 Å². The Kier molecular flexibility index (Phi) is 8.84. The van der Waals surface area contributed by atoms with Gasteiger partial charge in [0.05, 0.1) is 42.4 Å². The van der Waals surface area contributed by atoms with Crippen molar-refractivity contribution in [1.29, 1.82) is 5.26 Å². The van der Waals surface area contributed by atoms with Gasteiger partial charge in [0.25, 0.3) is 5.91 Å². The van der Waals surface area contributed by atoms with Gasteiger partial charge in [0.2, 0.25) is 0 Å². The molecule has 1 amide bonds. The minimum Gasteiger partial charge on any atom is -0.461 e. The molecule has 44 heavy (non-hydrogen) atoms. The van der Waals surface area contributed by atoms with Gasteiger partial charge in [0.1, 0.15) is 18.5 Å². The number of rotatable bonds is 7. The van der Waals surface area contributed by atoms with Crippen molar-refractivity contribution >= 4 is 39.8 Å². The number of morpholine rings is 1. The van der Waals surface area contributed by atoms with Gasteiger partial charge in [-0.2, -0.15) is 15.2 Å². The lowest BCUT2D eigenvalue weighted by Crippen LogP contribution is -2.55. The molecule has 3 aliphatic rings. The van der Waals surface area contributed by atoms with Gasteiger partial charge in [0.15, 0.2) is 5.83 Å². The first-order chi connectivity index (χ1) is 21.3. The molecular weight excluding hydrogens is 585 g/mol. The quantitative estimate of drug-likeness (QED) is 0.364. The summed E-state index contributed by atoms with van der Waals surface area (Å²) in [6, 6.07) is 14.0. The van der Waals surface area contributed by atoms with Crippen LogP contribution in [0.3, 0.4) is 0 Å². The number of hydrogen-bond donors (Lipinski definition) is 0. The number of piperazine rings is 1. The number of anilines is 2. The number of likely N-dealkylation sites (N-methyl/N-ethyl adjacent to an activating group) is 1. The number of carbonyl (C=O) groups excluding carboxylic acids is 1. The van der Waals surface area contributed by atoms with E-state index in [0.717, 1.165) is 53.2 Å². The van der Waals surface area contributed by atoms with E-state index in [-0.39, 0.29) is 25.1 Å². The lowest BCUT2D eigenvalue weighted by atomic mass is 10.0. The molecule has 3 aromatic rings. The fourth-order valence-corrected chi connectivity index (χ4v) is 6.62. The minimum atomic E-state index is -1.03. The molecule has 2 saturated heterocycles. The predicted octanol–water partition coefficient (Wildman–Crippen LogP) is 3.97. The second kappa shape index (κ2) is 12.9. The Morgan fingerprint density at radius 2 is 1.98 bits per heavy atom. The van der Waals surface area contributed by atoms with Crippen LogP contribution in [0.25, 0.3) is 10.8 Å². The van der Waals surface area contributed by atoms with Gasteiger partial charge >= 0.3 is 6.01 Å². The summed E-state index contributed by atoms with van der Waals surface area (Å²) in [5, 5.41) is 12.3. The summed E-state index contributed by atoms with van der Waals surface area (Å²) < 4.78 is 25.9. The number of fused-ring (bicyclic) bond motifs is 2. The third kappa shape index (κ3) is 6.15. The van der Waals surface area contributed by atoms with Crippen molar-refractivity contribution in [3.8, 4) is 12.1 Å². The van der Waals surface area contributed by atoms with Crippen LogP contribution in [0.15, 0.2) is 48.8 Å². The molecular formula is C32H35ClFN7O3. The molecule has 6 rings (SSSR count). The highest BCUT2D eigenvalue weighted by Gasteiger charge is 2.35. The van der Waals surface area contributed by atoms with E-state index in [0.29, 0.717) is 44.3 Å². The van der Waals surface area contributed by atoms with E-state index in [1.165, 1.54) is 4.90 Å². The zero-order chi connectivity index (χ0) is 30.8. The van der Waals surface area contributed by atoms with E-state index in [1.807, 2.05) is 18.2 Å². The first-order valence-electron chi connectivity index (χ1n) is 14.8. The van der Waals surface area contributed by atoms with Crippen LogP contribution in [0.4, 0.5) is 15.9 Å². The van der Waals surface area contributed by atoms with Crippen molar-refractivity contribution in [2.75, 3.05) is 69.3 Å². The van der Waals surface area contributed by atoms with Crippen LogP contribution >= 0.6 is 11.6 Å². The molecule has 230 valence electrons. The molecule has 4 heterocycles. The van der Waals surface area contributed by atoms with Crippen molar-refractivity contribution in [1.82, 2.24) is 19.8 Å². The fraction of sp³-hybridized carbons (Fsp3) is 0.438. The zero-order valence-electron chi connectivity index (χ0n) is 24.7. The number of nitriles is 1. The molecule has 0 aliphatic carbocycles. The van der Waals surface area contributed by atoms with Crippen LogP contribution in [0, 0.1) is 11.3 Å². The topological polar surface area (TPSA) is 98.1 Å². The van der Waals surface area contributed by atoms with Crippen LogP contribution < -0.4 is 14.5 Å². The molecule has 0 saturated carbocycles. The Morgan fingerprint density at radius 3 is 2.75 bits per heavy atom. The monoisotopic (exact) mass is 619 g/mol. The summed E-state index contributed by atoms with van der Waals surface area (Å²) in [7, 11) is 2.05. The average molecular weight is 620 g/mol. The summed E-state index contributed by atoms with van der Waals surface area (Å²) in [4.78, 5) is 30.2. The fourth-order valence-electron chi connectivity index (χ4n) is 6.35. The number of ether oxygens (including phenoxy) is 2. The average Bonchev–Trinajstić information content (AvgIpc) is 3.03. The molecule has 2 aromatic carbocycles. The van der Waals surface area contributed by atoms with E-state index >= 15 is 0 Å². The van der Waals surface area contributed by atoms with Crippen molar-refractivity contribution in [2.24, 2.45) is 0 Å². The highest BCUT2D eigenvalue weighted by Crippen LogP contribution is 2.37. The summed E-state index contributed by atoms with van der Waals surface area (Å²) in [5.41, 5.74) is 2.88. The Morgan fingerprint density at radius 1 is 1.16 bits per heavy atom. The lowest BCUT2D eigenvalue weighted by molar-refractivity contribution is -0.131. The predicted molar refractivity (Wildman–Crippen MR) is 167 cm³/mol. The highest BCUT2D eigenvalue weighted by atomic mass is 35.5. The van der Waals surface area contributed by atoms with Gasteiger partial charge < -0.3 is 29.1 Å². The largest absolute Gasteiger partial charge is 0.461 e. The van der Waals surface area contributed by atoms with Crippen molar-refractivity contribution < 1.29 is 18.7 Å². The minimum absolute atomic E-state index is 0.0638. The number of nitrogens with zero attached hydrogens (tertiary/aromatic N) is 7. The molecule has 1 unspecified atom stereocenters. The molecule has 0 N–H and O–H groups in total. The molecule has 3 aliphatic heterocycles. The lowest BCUT2D eigenvalue weighted by Gasteiger charge is -2.42. The third-order valence-electron chi connectivity index (χ3n) is 8.54. The standard InChI is InChI=1S/C32H35ClFN7O3/c1-21(34)31(42)41-14-13-40(17-23(41)9-11-35)30-25-10-12-39(28-8-4-6-22-5-3-7-26(33)29(22)28)19-27(25)36-32(37-30)44-20-24-18-38(2)15-16-43-24/h3-8,23-24H,1,9-10,12-20H2,2H3/t23-,24?/m0/s1. The SMILES string of the molecule is C=C(F)C(=O)N1CCN(c2nc(OCC3CN(C)CCO3)nc3c2CCN(c2cccc4cccc(Cl)c24)C3)C[C@@H]1CC#N. The normalized spacial score (nSPS) is 20.7. The second-order valence-corrected chi connectivity index (χ2v) is 11.9. The van der Waals surface area contributed by atoms with Gasteiger partial charge in [-0.05, 0) is 31.0 Å². The van der Waals surface area contributed by atoms with Gasteiger partial charge in [-0.1, -0.05) is 42.4 Å². The first kappa shape index (κ1) is 30.1. The van der Waals surface area contributed by atoms with Crippen LogP contribution in [0.5, 0.6) is 6.01 Å². The molecule has 2 atom stereocenters. The van der Waals surface area contributed by atoms with Crippen molar-refractivity contribution in [3.63, 3.8) is 0 Å². The van der Waals surface area contributed by atoms with Crippen LogP contribution in [0.2, 0.25) is 5.02 Å². The van der Waals surface area contributed by atoms with Crippen LogP contribution in [0.1, 0.15) is 17.7 Å². The van der Waals surface area contributed by atoms with Crippen LogP contribution in [-0.2, 0) is 22.5 Å². The zero-order valence-corrected chi connectivity index (χ0v) is 25.5. The maximum atomic E-state index is 13.8. The van der Waals surface area contributed by atoms with Gasteiger partial charge in [-0.15, -0.1) is 0 Å². The Hall–Kier alpha value is -3.98. The molecule has 1 aromatic heterocycles. The Bertz CT molecular complexity index is 1610. The van der Waals surface area contributed by atoms with E-state index in [1.54, 1.807) is 0 Å². The third-order valence-corrected chi connectivity index (χ3v) is 8.85. The Labute approximate surface area is 261 Å². The van der Waals surface area contributed by atoms with E-state index in [2.05, 4.69) is 52.6 Å². The number of hydrogen-bond acceptors (Lipinski definition) is 9. The van der Waals surface area contributed by atoms with Crippen molar-refractivity contribution in [3.05, 3.63) is 65.1 Å². The maximum absolute atomic E-state index is 13.8. The number of amides is 1. The van der Waals surface area contributed by atoms with E-state index < -0.39 is 17.8 Å². The number of aromatic nitrogens is 2. The van der Waals surface area contributed by atoms with E-state index in [9.17, 15) is 14.4 Å².